The van der Waals surface area contributed by atoms with E-state index in [4.69, 9.17) is 0 Å². The molecule has 0 aliphatic heterocycles. The molecule has 90 valence electrons. The van der Waals surface area contributed by atoms with Crippen molar-refractivity contribution in [1.29, 1.82) is 0 Å². The fourth-order valence-electron chi connectivity index (χ4n) is 1.91. The lowest BCUT2D eigenvalue weighted by Gasteiger charge is -2.09. The SMILES string of the molecule is CC(C)c1cnc(CNCC(C)C2CC2)s1. The van der Waals surface area contributed by atoms with Crippen molar-refractivity contribution in [1.82, 2.24) is 10.3 Å². The van der Waals surface area contributed by atoms with Gasteiger partial charge in [-0.25, -0.2) is 4.98 Å². The van der Waals surface area contributed by atoms with Gasteiger partial charge in [-0.05, 0) is 37.1 Å². The quantitative estimate of drug-likeness (QED) is 0.821. The topological polar surface area (TPSA) is 24.9 Å². The van der Waals surface area contributed by atoms with Crippen molar-refractivity contribution >= 4 is 11.3 Å². The highest BCUT2D eigenvalue weighted by Crippen LogP contribution is 2.36. The molecule has 1 aromatic heterocycles. The first-order valence-electron chi connectivity index (χ1n) is 6.32. The van der Waals surface area contributed by atoms with Crippen molar-refractivity contribution in [3.63, 3.8) is 0 Å². The third-order valence-electron chi connectivity index (χ3n) is 3.31. The number of hydrogen-bond donors (Lipinski definition) is 1. The van der Waals surface area contributed by atoms with E-state index in [1.165, 1.54) is 22.7 Å². The molecule has 16 heavy (non-hydrogen) atoms. The average molecular weight is 238 g/mol. The molecule has 2 nitrogen and oxygen atoms in total. The Balaban J connectivity index is 1.71. The minimum Gasteiger partial charge on any atom is -0.310 e. The highest BCUT2D eigenvalue weighted by molar-refractivity contribution is 7.11. The number of nitrogens with zero attached hydrogens (tertiary/aromatic N) is 1. The zero-order valence-corrected chi connectivity index (χ0v) is 11.3. The van der Waals surface area contributed by atoms with Gasteiger partial charge in [-0.1, -0.05) is 20.8 Å². The van der Waals surface area contributed by atoms with E-state index in [1.807, 2.05) is 17.5 Å². The van der Waals surface area contributed by atoms with Gasteiger partial charge < -0.3 is 5.32 Å². The fourth-order valence-corrected chi connectivity index (χ4v) is 2.80. The second-order valence-corrected chi connectivity index (χ2v) is 6.40. The first-order chi connectivity index (χ1) is 7.66. The van der Waals surface area contributed by atoms with E-state index in [2.05, 4.69) is 31.1 Å². The molecule has 1 aromatic rings. The third-order valence-corrected chi connectivity index (χ3v) is 4.61. The Labute approximate surface area is 102 Å². The van der Waals surface area contributed by atoms with E-state index in [0.29, 0.717) is 5.92 Å². The van der Waals surface area contributed by atoms with Crippen molar-refractivity contribution in [2.24, 2.45) is 11.8 Å². The molecule has 3 heteroatoms. The number of hydrogen-bond acceptors (Lipinski definition) is 3. The molecule has 0 spiro atoms. The number of nitrogens with one attached hydrogen (secondary N) is 1. The summed E-state index contributed by atoms with van der Waals surface area (Å²) in [5, 5.41) is 4.75. The smallest absolute Gasteiger partial charge is 0.107 e. The molecular formula is C13H22N2S. The van der Waals surface area contributed by atoms with Gasteiger partial charge in [0, 0.05) is 17.6 Å². The number of rotatable bonds is 6. The molecule has 0 saturated heterocycles. The van der Waals surface area contributed by atoms with Crippen LogP contribution in [0, 0.1) is 11.8 Å². The summed E-state index contributed by atoms with van der Waals surface area (Å²) in [7, 11) is 0. The van der Waals surface area contributed by atoms with Crippen LogP contribution in [0.2, 0.25) is 0 Å². The monoisotopic (exact) mass is 238 g/mol. The molecule has 0 radical (unpaired) electrons. The van der Waals surface area contributed by atoms with Gasteiger partial charge in [-0.2, -0.15) is 0 Å². The van der Waals surface area contributed by atoms with Crippen LogP contribution in [-0.2, 0) is 6.54 Å². The summed E-state index contributed by atoms with van der Waals surface area (Å²) >= 11 is 1.84. The second-order valence-electron chi connectivity index (χ2n) is 5.26. The van der Waals surface area contributed by atoms with Gasteiger partial charge in [0.2, 0.25) is 0 Å². The molecule has 1 fully saturated rings. The van der Waals surface area contributed by atoms with E-state index in [-0.39, 0.29) is 0 Å². The molecule has 2 rings (SSSR count). The molecule has 0 bridgehead atoms. The van der Waals surface area contributed by atoms with Crippen molar-refractivity contribution in [3.8, 4) is 0 Å². The Morgan fingerprint density at radius 3 is 2.75 bits per heavy atom. The number of thiazole rings is 1. The summed E-state index contributed by atoms with van der Waals surface area (Å²) in [5.74, 6) is 2.44. The van der Waals surface area contributed by atoms with Crippen LogP contribution >= 0.6 is 11.3 Å². The van der Waals surface area contributed by atoms with Crippen LogP contribution in [0.4, 0.5) is 0 Å². The van der Waals surface area contributed by atoms with Gasteiger partial charge in [-0.3, -0.25) is 0 Å². The van der Waals surface area contributed by atoms with Gasteiger partial charge in [0.25, 0.3) is 0 Å². The fraction of sp³-hybridized carbons (Fsp3) is 0.769. The molecule has 1 saturated carbocycles. The highest BCUT2D eigenvalue weighted by atomic mass is 32.1. The number of aromatic nitrogens is 1. The minimum absolute atomic E-state index is 0.608. The molecule has 1 aliphatic carbocycles. The zero-order chi connectivity index (χ0) is 11.5. The van der Waals surface area contributed by atoms with E-state index in [0.717, 1.165) is 24.9 Å². The standard InChI is InChI=1S/C13H22N2S/c1-9(2)12-7-15-13(16-12)8-14-6-10(3)11-4-5-11/h7,9-11,14H,4-6,8H2,1-3H3. The van der Waals surface area contributed by atoms with Crippen LogP contribution in [0.3, 0.4) is 0 Å². The van der Waals surface area contributed by atoms with Crippen LogP contribution in [-0.4, -0.2) is 11.5 Å². The van der Waals surface area contributed by atoms with Gasteiger partial charge >= 0.3 is 0 Å². The Morgan fingerprint density at radius 1 is 1.44 bits per heavy atom. The summed E-state index contributed by atoms with van der Waals surface area (Å²) in [6.07, 6.45) is 4.91. The molecule has 1 unspecified atom stereocenters. The first-order valence-corrected chi connectivity index (χ1v) is 7.13. The van der Waals surface area contributed by atoms with Gasteiger partial charge in [0.15, 0.2) is 0 Å². The Hall–Kier alpha value is -0.410. The van der Waals surface area contributed by atoms with E-state index in [9.17, 15) is 0 Å². The van der Waals surface area contributed by atoms with E-state index < -0.39 is 0 Å². The predicted octanol–water partition coefficient (Wildman–Crippen LogP) is 3.40. The maximum Gasteiger partial charge on any atom is 0.107 e. The van der Waals surface area contributed by atoms with Crippen molar-refractivity contribution in [2.75, 3.05) is 6.54 Å². The van der Waals surface area contributed by atoms with E-state index in [1.54, 1.807) is 0 Å². The van der Waals surface area contributed by atoms with Gasteiger partial charge in [-0.15, -0.1) is 11.3 Å². The minimum atomic E-state index is 0.608. The first kappa shape index (κ1) is 12.1. The zero-order valence-electron chi connectivity index (χ0n) is 10.5. The lowest BCUT2D eigenvalue weighted by molar-refractivity contribution is 0.461. The normalized spacial score (nSPS) is 18.0. The van der Waals surface area contributed by atoms with E-state index >= 15 is 0 Å². The second kappa shape index (κ2) is 5.28. The lowest BCUT2D eigenvalue weighted by atomic mass is 10.1. The van der Waals surface area contributed by atoms with Crippen LogP contribution < -0.4 is 5.32 Å². The summed E-state index contributed by atoms with van der Waals surface area (Å²) in [4.78, 5) is 5.85. The molecular weight excluding hydrogens is 216 g/mol. The highest BCUT2D eigenvalue weighted by Gasteiger charge is 2.27. The Morgan fingerprint density at radius 2 is 2.19 bits per heavy atom. The molecule has 1 heterocycles. The molecule has 1 N–H and O–H groups in total. The lowest BCUT2D eigenvalue weighted by Crippen LogP contribution is -2.21. The van der Waals surface area contributed by atoms with Crippen LogP contribution in [0.1, 0.15) is 49.4 Å². The van der Waals surface area contributed by atoms with Crippen molar-refractivity contribution < 1.29 is 0 Å². The van der Waals surface area contributed by atoms with Crippen LogP contribution in [0.5, 0.6) is 0 Å². The van der Waals surface area contributed by atoms with Crippen molar-refractivity contribution in [3.05, 3.63) is 16.1 Å². The molecule has 1 aliphatic rings. The Bertz CT molecular complexity index is 328. The summed E-state index contributed by atoms with van der Waals surface area (Å²) in [6.45, 7) is 8.88. The largest absolute Gasteiger partial charge is 0.310 e. The summed E-state index contributed by atoms with van der Waals surface area (Å²) in [6, 6.07) is 0. The molecule has 0 amide bonds. The Kier molecular flexibility index (Phi) is 3.98. The molecule has 0 aromatic carbocycles. The maximum atomic E-state index is 4.45. The third kappa shape index (κ3) is 3.29. The maximum absolute atomic E-state index is 4.45. The van der Waals surface area contributed by atoms with Crippen LogP contribution in [0.25, 0.3) is 0 Å². The summed E-state index contributed by atoms with van der Waals surface area (Å²) in [5.41, 5.74) is 0. The van der Waals surface area contributed by atoms with Gasteiger partial charge in [0.05, 0.1) is 0 Å². The average Bonchev–Trinajstić information content (AvgIpc) is 2.98. The predicted molar refractivity (Wildman–Crippen MR) is 69.8 cm³/mol. The summed E-state index contributed by atoms with van der Waals surface area (Å²) < 4.78 is 0. The van der Waals surface area contributed by atoms with Gasteiger partial charge in [0.1, 0.15) is 5.01 Å². The van der Waals surface area contributed by atoms with Crippen molar-refractivity contribution in [2.45, 2.75) is 46.1 Å². The molecule has 1 atom stereocenters. The van der Waals surface area contributed by atoms with Crippen LogP contribution in [0.15, 0.2) is 6.20 Å².